The maximum absolute atomic E-state index is 13.0. The molecule has 0 saturated carbocycles. The first kappa shape index (κ1) is 69.9. The highest BCUT2D eigenvalue weighted by molar-refractivity contribution is 7.80. The number of aliphatic hydroxyl groups is 3. The van der Waals surface area contributed by atoms with E-state index in [2.05, 4.69) is 30.2 Å². The number of ether oxygens (including phenoxy) is 4. The number of carbonyl (C=O) groups excluding carboxylic acids is 1. The van der Waals surface area contributed by atoms with Gasteiger partial charge in [0.15, 0.2) is 6.29 Å². The van der Waals surface area contributed by atoms with Crippen LogP contribution in [-0.4, -0.2) is 97.5 Å². The molecule has 0 aliphatic carbocycles. The second kappa shape index (κ2) is 51.6. The van der Waals surface area contributed by atoms with Gasteiger partial charge in [0, 0.05) is 13.0 Å². The summed E-state index contributed by atoms with van der Waals surface area (Å²) in [6.45, 7) is 4.08. The van der Waals surface area contributed by atoms with Crippen molar-refractivity contribution in [2.75, 3.05) is 26.4 Å². The molecule has 1 rings (SSSR count). The molecule has 12 nitrogen and oxygen atoms in total. The van der Waals surface area contributed by atoms with Crippen molar-refractivity contribution >= 4 is 16.4 Å². The van der Waals surface area contributed by atoms with E-state index in [0.29, 0.717) is 13.0 Å². The van der Waals surface area contributed by atoms with E-state index >= 15 is 0 Å². The normalized spacial score (nSPS) is 18.8. The molecular formula is C60H116O12S. The maximum Gasteiger partial charge on any atom is 0.397 e. The van der Waals surface area contributed by atoms with Crippen molar-refractivity contribution in [2.45, 2.75) is 340 Å². The SMILES string of the molecule is CCCCCCCCCC/C=C\CCCCCCCCCCCCCCCC(=O)OC(COCCCCCCCCCCCCCCCCCCCCCCC)COC1OC(CO)C(O)C(OS(=O)(=O)O)C1O. The number of hydrogen-bond acceptors (Lipinski definition) is 11. The number of rotatable bonds is 56. The molecule has 73 heavy (non-hydrogen) atoms. The number of aliphatic hydroxyl groups excluding tert-OH is 3. The van der Waals surface area contributed by atoms with Gasteiger partial charge in [-0.05, 0) is 38.5 Å². The minimum atomic E-state index is -5.06. The van der Waals surface area contributed by atoms with Gasteiger partial charge in [-0.1, -0.05) is 270 Å². The Labute approximate surface area is 449 Å². The predicted molar refractivity (Wildman–Crippen MR) is 299 cm³/mol. The van der Waals surface area contributed by atoms with E-state index in [9.17, 15) is 33.1 Å². The Hall–Kier alpha value is -1.16. The van der Waals surface area contributed by atoms with Crippen LogP contribution in [0.1, 0.15) is 303 Å². The third kappa shape index (κ3) is 44.5. The van der Waals surface area contributed by atoms with Gasteiger partial charge in [0.25, 0.3) is 0 Å². The summed E-state index contributed by atoms with van der Waals surface area (Å²) in [6, 6.07) is 0. The maximum atomic E-state index is 13.0. The van der Waals surface area contributed by atoms with Crippen LogP contribution in [0.4, 0.5) is 0 Å². The smallest absolute Gasteiger partial charge is 0.397 e. The Morgan fingerprint density at radius 3 is 1.23 bits per heavy atom. The molecule has 0 aromatic heterocycles. The van der Waals surface area contributed by atoms with Crippen molar-refractivity contribution in [3.63, 3.8) is 0 Å². The van der Waals surface area contributed by atoms with E-state index in [1.54, 1.807) is 0 Å². The lowest BCUT2D eigenvalue weighted by atomic mass is 9.99. The van der Waals surface area contributed by atoms with Crippen LogP contribution < -0.4 is 0 Å². The standard InChI is InChI=1S/C60H116O12S/c1-3-5-7-9-11-13-15-17-19-21-23-25-26-27-28-29-31-33-35-37-39-41-43-45-47-49-56(62)70-54(53-69-60-58(64)59(72-73(65,66)67)57(63)55(51-61)71-60)52-68-50-48-46-44-42-40-38-36-34-32-30-24-22-20-18-16-14-12-10-8-6-4-2/h21,23,54-55,57-61,63-64H,3-20,22,24-53H2,1-2H3,(H,65,66,67)/b23-21-. The Bertz CT molecular complexity index is 1320. The molecule has 0 amide bonds. The monoisotopic (exact) mass is 1060 g/mol. The van der Waals surface area contributed by atoms with Crippen LogP contribution in [0.3, 0.4) is 0 Å². The minimum absolute atomic E-state index is 0.0435. The number of carbonyl (C=O) groups is 1. The highest BCUT2D eigenvalue weighted by Crippen LogP contribution is 2.26. The van der Waals surface area contributed by atoms with Crippen molar-refractivity contribution in [1.82, 2.24) is 0 Å². The molecule has 1 heterocycles. The molecule has 1 aliphatic rings. The second-order valence-electron chi connectivity index (χ2n) is 21.7. The van der Waals surface area contributed by atoms with Crippen LogP contribution in [-0.2, 0) is 38.3 Å². The number of hydrogen-bond donors (Lipinski definition) is 4. The molecule has 0 bridgehead atoms. The van der Waals surface area contributed by atoms with Crippen molar-refractivity contribution in [2.24, 2.45) is 0 Å². The zero-order valence-corrected chi connectivity index (χ0v) is 48.0. The number of unbranched alkanes of at least 4 members (excludes halogenated alkanes) is 41. The molecular weight excluding hydrogens is 945 g/mol. The summed E-state index contributed by atoms with van der Waals surface area (Å²) in [5, 5.41) is 30.9. The van der Waals surface area contributed by atoms with Gasteiger partial charge in [-0.2, -0.15) is 8.42 Å². The van der Waals surface area contributed by atoms with E-state index in [1.807, 2.05) is 0 Å². The van der Waals surface area contributed by atoms with Crippen LogP contribution in [0.15, 0.2) is 12.2 Å². The summed E-state index contributed by atoms with van der Waals surface area (Å²) >= 11 is 0. The third-order valence-corrected chi connectivity index (χ3v) is 15.1. The predicted octanol–water partition coefficient (Wildman–Crippen LogP) is 15.7. The Kier molecular flexibility index (Phi) is 49.4. The van der Waals surface area contributed by atoms with Crippen LogP contribution in [0.25, 0.3) is 0 Å². The highest BCUT2D eigenvalue weighted by atomic mass is 32.3. The summed E-state index contributed by atoms with van der Waals surface area (Å²) in [4.78, 5) is 13.0. The van der Waals surface area contributed by atoms with E-state index < -0.39 is 59.8 Å². The summed E-state index contributed by atoms with van der Waals surface area (Å²) in [5.41, 5.74) is 0. The van der Waals surface area contributed by atoms with Crippen LogP contribution in [0, 0.1) is 0 Å². The zero-order valence-electron chi connectivity index (χ0n) is 47.2. The first-order valence-electron chi connectivity index (χ1n) is 30.9. The fraction of sp³-hybridized carbons (Fsp3) is 0.950. The first-order chi connectivity index (χ1) is 35.6. The van der Waals surface area contributed by atoms with Gasteiger partial charge < -0.3 is 34.3 Å². The van der Waals surface area contributed by atoms with Gasteiger partial charge >= 0.3 is 16.4 Å². The van der Waals surface area contributed by atoms with E-state index in [0.717, 1.165) is 38.5 Å². The molecule has 1 aliphatic heterocycles. The molecule has 0 spiro atoms. The Morgan fingerprint density at radius 1 is 0.507 bits per heavy atom. The molecule has 1 saturated heterocycles. The quantitative estimate of drug-likeness (QED) is 0.0196. The van der Waals surface area contributed by atoms with E-state index in [4.69, 9.17) is 18.9 Å². The second-order valence-corrected chi connectivity index (χ2v) is 22.7. The highest BCUT2D eigenvalue weighted by Gasteiger charge is 2.48. The zero-order chi connectivity index (χ0) is 53.1. The van der Waals surface area contributed by atoms with Gasteiger partial charge in [-0.15, -0.1) is 0 Å². The van der Waals surface area contributed by atoms with Gasteiger partial charge in [0.2, 0.25) is 0 Å². The molecule has 6 atom stereocenters. The summed E-state index contributed by atoms with van der Waals surface area (Å²) < 4.78 is 59.5. The van der Waals surface area contributed by atoms with Gasteiger partial charge in [-0.3, -0.25) is 9.35 Å². The molecule has 0 radical (unpaired) electrons. The lowest BCUT2D eigenvalue weighted by Gasteiger charge is -2.41. The molecule has 4 N–H and O–H groups in total. The lowest BCUT2D eigenvalue weighted by molar-refractivity contribution is -0.301. The lowest BCUT2D eigenvalue weighted by Crippen LogP contribution is -2.60. The third-order valence-electron chi connectivity index (χ3n) is 14.6. The van der Waals surface area contributed by atoms with Crippen molar-refractivity contribution in [1.29, 1.82) is 0 Å². The number of esters is 1. The topological polar surface area (TPSA) is 178 Å². The summed E-state index contributed by atoms with van der Waals surface area (Å²) in [5.74, 6) is -0.391. The largest absolute Gasteiger partial charge is 0.457 e. The average molecular weight is 1060 g/mol. The van der Waals surface area contributed by atoms with Gasteiger partial charge in [-0.25, -0.2) is 4.18 Å². The molecule has 13 heteroatoms. The van der Waals surface area contributed by atoms with Crippen molar-refractivity contribution < 1.29 is 56.2 Å². The molecule has 434 valence electrons. The summed E-state index contributed by atoms with van der Waals surface area (Å²) in [6.07, 6.45) is 52.6. The molecule has 6 unspecified atom stereocenters. The minimum Gasteiger partial charge on any atom is -0.457 e. The Morgan fingerprint density at radius 2 is 0.863 bits per heavy atom. The molecule has 1 fully saturated rings. The van der Waals surface area contributed by atoms with Crippen LogP contribution >= 0.6 is 0 Å². The van der Waals surface area contributed by atoms with E-state index in [-0.39, 0.29) is 19.6 Å². The van der Waals surface area contributed by atoms with Crippen molar-refractivity contribution in [3.05, 3.63) is 12.2 Å². The molecule has 0 aromatic carbocycles. The van der Waals surface area contributed by atoms with Gasteiger partial charge in [0.1, 0.15) is 30.5 Å². The fourth-order valence-corrected chi connectivity index (χ4v) is 10.5. The Balaban J connectivity index is 2.25. The number of allylic oxidation sites excluding steroid dienone is 2. The van der Waals surface area contributed by atoms with E-state index in [1.165, 1.54) is 238 Å². The van der Waals surface area contributed by atoms with Crippen LogP contribution in [0.5, 0.6) is 0 Å². The summed E-state index contributed by atoms with van der Waals surface area (Å²) in [7, 11) is -5.06. The average Bonchev–Trinajstić information content (AvgIpc) is 3.37. The van der Waals surface area contributed by atoms with Crippen molar-refractivity contribution in [3.8, 4) is 0 Å². The van der Waals surface area contributed by atoms with Crippen LogP contribution in [0.2, 0.25) is 0 Å². The molecule has 0 aromatic rings. The fourth-order valence-electron chi connectivity index (χ4n) is 9.97. The van der Waals surface area contributed by atoms with Gasteiger partial charge in [0.05, 0.1) is 19.8 Å². The first-order valence-corrected chi connectivity index (χ1v) is 32.3.